The number of likely N-dealkylation sites (N-methyl/N-ethyl adjacent to an activating group) is 2. The Balaban J connectivity index is 2.32. The van der Waals surface area contributed by atoms with Crippen LogP contribution in [0.4, 0.5) is 0 Å². The Morgan fingerprint density at radius 1 is 1.38 bits per heavy atom. The van der Waals surface area contributed by atoms with E-state index in [0.29, 0.717) is 6.04 Å². The van der Waals surface area contributed by atoms with Gasteiger partial charge >= 0.3 is 0 Å². The van der Waals surface area contributed by atoms with E-state index in [1.54, 1.807) is 14.2 Å². The third kappa shape index (κ3) is 3.84. The molecule has 2 rings (SSSR count). The summed E-state index contributed by atoms with van der Waals surface area (Å²) in [5, 5.41) is 3.64. The van der Waals surface area contributed by atoms with Crippen LogP contribution in [0, 0.1) is 0 Å². The third-order valence-corrected chi connectivity index (χ3v) is 5.08. The first-order valence-corrected chi connectivity index (χ1v) is 8.60. The summed E-state index contributed by atoms with van der Waals surface area (Å²) in [6.45, 7) is 4.23. The van der Waals surface area contributed by atoms with Gasteiger partial charge in [0.15, 0.2) is 0 Å². The molecule has 0 aromatic heterocycles. The molecule has 1 aliphatic heterocycles. The van der Waals surface area contributed by atoms with Gasteiger partial charge in [-0.25, -0.2) is 0 Å². The molecule has 0 spiro atoms. The van der Waals surface area contributed by atoms with Gasteiger partial charge in [-0.05, 0) is 19.7 Å². The van der Waals surface area contributed by atoms with Crippen molar-refractivity contribution in [2.24, 2.45) is 0 Å². The van der Waals surface area contributed by atoms with Gasteiger partial charge < -0.3 is 14.8 Å². The fourth-order valence-electron chi connectivity index (χ4n) is 2.80. The van der Waals surface area contributed by atoms with Crippen LogP contribution in [0.2, 0.25) is 0 Å². The number of nitrogens with one attached hydrogen (secondary N) is 1. The van der Waals surface area contributed by atoms with Gasteiger partial charge in [-0.1, -0.05) is 13.0 Å². The van der Waals surface area contributed by atoms with Crippen molar-refractivity contribution in [1.29, 1.82) is 0 Å². The van der Waals surface area contributed by atoms with Crippen molar-refractivity contribution in [1.82, 2.24) is 10.2 Å². The summed E-state index contributed by atoms with van der Waals surface area (Å²) in [5.41, 5.74) is 1.21. The van der Waals surface area contributed by atoms with Crippen molar-refractivity contribution in [2.45, 2.75) is 19.0 Å². The molecule has 2 atom stereocenters. The number of hydrogen-bond donors (Lipinski definition) is 1. The molecule has 0 amide bonds. The molecule has 1 aromatic carbocycles. The highest BCUT2D eigenvalue weighted by molar-refractivity contribution is 7.99. The predicted octanol–water partition coefficient (Wildman–Crippen LogP) is 2.40. The first-order chi connectivity index (χ1) is 10.2. The maximum absolute atomic E-state index is 5.60. The van der Waals surface area contributed by atoms with E-state index in [9.17, 15) is 0 Å². The highest BCUT2D eigenvalue weighted by Crippen LogP contribution is 2.34. The molecule has 2 unspecified atom stereocenters. The molecule has 1 saturated heterocycles. The van der Waals surface area contributed by atoms with Gasteiger partial charge in [0.1, 0.15) is 11.5 Å². The lowest BCUT2D eigenvalue weighted by atomic mass is 9.97. The predicted molar refractivity (Wildman–Crippen MR) is 89.7 cm³/mol. The second-order valence-corrected chi connectivity index (χ2v) is 6.42. The fraction of sp³-hybridized carbons (Fsp3) is 0.625. The Hall–Kier alpha value is -0.910. The van der Waals surface area contributed by atoms with Gasteiger partial charge in [0.05, 0.1) is 20.3 Å². The van der Waals surface area contributed by atoms with E-state index >= 15 is 0 Å². The van der Waals surface area contributed by atoms with Gasteiger partial charge in [-0.3, -0.25) is 4.90 Å². The highest BCUT2D eigenvalue weighted by atomic mass is 32.2. The molecule has 1 aromatic rings. The molecule has 118 valence electrons. The molecule has 0 aliphatic carbocycles. The Kier molecular flexibility index (Phi) is 6.21. The molecule has 0 radical (unpaired) electrons. The van der Waals surface area contributed by atoms with Crippen LogP contribution in [-0.4, -0.2) is 56.8 Å². The van der Waals surface area contributed by atoms with Crippen LogP contribution in [0.3, 0.4) is 0 Å². The first-order valence-electron chi connectivity index (χ1n) is 7.44. The van der Waals surface area contributed by atoms with E-state index in [1.807, 2.05) is 23.9 Å². The van der Waals surface area contributed by atoms with Crippen molar-refractivity contribution in [3.63, 3.8) is 0 Å². The number of hydrogen-bond acceptors (Lipinski definition) is 5. The molecule has 4 nitrogen and oxygen atoms in total. The van der Waals surface area contributed by atoms with Crippen molar-refractivity contribution < 1.29 is 9.47 Å². The number of ether oxygens (including phenoxy) is 2. The van der Waals surface area contributed by atoms with E-state index in [4.69, 9.17) is 9.47 Å². The monoisotopic (exact) mass is 310 g/mol. The van der Waals surface area contributed by atoms with Gasteiger partial charge in [0.2, 0.25) is 0 Å². The molecular weight excluding hydrogens is 284 g/mol. The number of benzene rings is 1. The highest BCUT2D eigenvalue weighted by Gasteiger charge is 2.30. The average Bonchev–Trinajstić information content (AvgIpc) is 2.53. The molecule has 5 heteroatoms. The number of rotatable bonds is 6. The number of thioether (sulfide) groups is 1. The van der Waals surface area contributed by atoms with Gasteiger partial charge in [0.25, 0.3) is 0 Å². The minimum absolute atomic E-state index is 0.272. The van der Waals surface area contributed by atoms with Crippen LogP contribution < -0.4 is 14.8 Å². The zero-order valence-electron chi connectivity index (χ0n) is 13.4. The third-order valence-electron chi connectivity index (χ3n) is 4.03. The van der Waals surface area contributed by atoms with Gasteiger partial charge in [-0.2, -0.15) is 11.8 Å². The standard InChI is InChI=1S/C16H26N2O2S/c1-5-17-16(14-11-21-9-8-18(14)2)13-7-6-12(19-3)10-15(13)20-4/h6-7,10,14,16-17H,5,8-9,11H2,1-4H3. The van der Waals surface area contributed by atoms with Gasteiger partial charge in [-0.15, -0.1) is 0 Å². The molecular formula is C16H26N2O2S. The summed E-state index contributed by atoms with van der Waals surface area (Å²) in [6, 6.07) is 6.85. The molecule has 21 heavy (non-hydrogen) atoms. The normalized spacial score (nSPS) is 21.0. The minimum Gasteiger partial charge on any atom is -0.497 e. The first kappa shape index (κ1) is 16.5. The zero-order valence-corrected chi connectivity index (χ0v) is 14.2. The maximum atomic E-state index is 5.60. The zero-order chi connectivity index (χ0) is 15.2. The van der Waals surface area contributed by atoms with E-state index in [-0.39, 0.29) is 6.04 Å². The Morgan fingerprint density at radius 2 is 2.19 bits per heavy atom. The van der Waals surface area contributed by atoms with E-state index in [1.165, 1.54) is 11.3 Å². The number of methoxy groups -OCH3 is 2. The van der Waals surface area contributed by atoms with Crippen LogP contribution in [-0.2, 0) is 0 Å². The lowest BCUT2D eigenvalue weighted by molar-refractivity contribution is 0.214. The largest absolute Gasteiger partial charge is 0.497 e. The smallest absolute Gasteiger partial charge is 0.127 e. The summed E-state index contributed by atoms with van der Waals surface area (Å²) in [7, 11) is 5.62. The van der Waals surface area contributed by atoms with E-state index in [0.717, 1.165) is 30.3 Å². The van der Waals surface area contributed by atoms with Crippen molar-refractivity contribution in [3.8, 4) is 11.5 Å². The minimum atomic E-state index is 0.272. The van der Waals surface area contributed by atoms with Crippen LogP contribution in [0.25, 0.3) is 0 Å². The Labute approximate surface area is 132 Å². The van der Waals surface area contributed by atoms with Crippen LogP contribution in [0.1, 0.15) is 18.5 Å². The van der Waals surface area contributed by atoms with Crippen molar-refractivity contribution in [3.05, 3.63) is 23.8 Å². The van der Waals surface area contributed by atoms with Crippen LogP contribution in [0.5, 0.6) is 11.5 Å². The average molecular weight is 310 g/mol. The van der Waals surface area contributed by atoms with Crippen LogP contribution in [0.15, 0.2) is 18.2 Å². The van der Waals surface area contributed by atoms with E-state index in [2.05, 4.69) is 30.3 Å². The topological polar surface area (TPSA) is 33.7 Å². The molecule has 1 fully saturated rings. The summed E-state index contributed by atoms with van der Waals surface area (Å²) >= 11 is 2.03. The summed E-state index contributed by atoms with van der Waals surface area (Å²) in [6.07, 6.45) is 0. The molecule has 1 aliphatic rings. The van der Waals surface area contributed by atoms with Gasteiger partial charge in [0, 0.05) is 35.7 Å². The second-order valence-electron chi connectivity index (χ2n) is 5.27. The fourth-order valence-corrected chi connectivity index (χ4v) is 4.08. The van der Waals surface area contributed by atoms with Crippen molar-refractivity contribution in [2.75, 3.05) is 45.9 Å². The quantitative estimate of drug-likeness (QED) is 0.872. The molecule has 1 N–H and O–H groups in total. The second kappa shape index (κ2) is 7.92. The summed E-state index contributed by atoms with van der Waals surface area (Å²) in [4.78, 5) is 2.45. The van der Waals surface area contributed by atoms with Crippen LogP contribution >= 0.6 is 11.8 Å². The van der Waals surface area contributed by atoms with Crippen molar-refractivity contribution >= 4 is 11.8 Å². The lowest BCUT2D eigenvalue weighted by Gasteiger charge is -2.38. The number of nitrogens with zero attached hydrogens (tertiary/aromatic N) is 1. The molecule has 0 bridgehead atoms. The Morgan fingerprint density at radius 3 is 2.81 bits per heavy atom. The maximum Gasteiger partial charge on any atom is 0.127 e. The SMILES string of the molecule is CCNC(c1ccc(OC)cc1OC)C1CSCCN1C. The Bertz CT molecular complexity index is 456. The molecule has 0 saturated carbocycles. The summed E-state index contributed by atoms with van der Waals surface area (Å²) < 4.78 is 10.9. The molecule has 1 heterocycles. The van der Waals surface area contributed by atoms with E-state index < -0.39 is 0 Å². The lowest BCUT2D eigenvalue weighted by Crippen LogP contribution is -2.47. The summed E-state index contributed by atoms with van der Waals surface area (Å²) in [5.74, 6) is 4.08.